The van der Waals surface area contributed by atoms with Crippen molar-refractivity contribution in [2.75, 3.05) is 11.1 Å². The van der Waals surface area contributed by atoms with Crippen LogP contribution in [0.25, 0.3) is 0 Å². The highest BCUT2D eigenvalue weighted by Gasteiger charge is 2.15. The number of hydrogen-bond donors (Lipinski definition) is 2. The summed E-state index contributed by atoms with van der Waals surface area (Å²) >= 11 is 7.16. The Balaban J connectivity index is 2.23. The lowest BCUT2D eigenvalue weighted by Crippen LogP contribution is -2.13. The van der Waals surface area contributed by atoms with Crippen molar-refractivity contribution in [2.45, 2.75) is 19.2 Å². The van der Waals surface area contributed by atoms with Gasteiger partial charge in [0, 0.05) is 16.4 Å². The number of aromatic nitrogens is 2. The van der Waals surface area contributed by atoms with Gasteiger partial charge in [0.05, 0.1) is 5.75 Å². The fourth-order valence-electron chi connectivity index (χ4n) is 1.92. The first kappa shape index (κ1) is 16.6. The largest absolute Gasteiger partial charge is 0.481 e. The standard InChI is InChI=1S/C15H16ClN3O2S/c1-9-7-10(2)18-15(17-9)19-14(22-8-13(20)21)11-3-5-12(16)6-4-11/h3-7,14H,8H2,1-2H3,(H,20,21)(H,17,18,19). The first-order chi connectivity index (χ1) is 10.4. The van der Waals surface area contributed by atoms with Gasteiger partial charge in [-0.3, -0.25) is 4.79 Å². The van der Waals surface area contributed by atoms with Gasteiger partial charge in [0.1, 0.15) is 5.37 Å². The number of hydrogen-bond acceptors (Lipinski definition) is 5. The number of aryl methyl sites for hydroxylation is 2. The molecule has 22 heavy (non-hydrogen) atoms. The van der Waals surface area contributed by atoms with E-state index in [9.17, 15) is 4.79 Å². The van der Waals surface area contributed by atoms with Crippen molar-refractivity contribution in [3.63, 3.8) is 0 Å². The molecule has 5 nitrogen and oxygen atoms in total. The number of carboxylic acids is 1. The summed E-state index contributed by atoms with van der Waals surface area (Å²) in [5.74, 6) is -0.409. The predicted octanol–water partition coefficient (Wildman–Crippen LogP) is 3.68. The lowest BCUT2D eigenvalue weighted by molar-refractivity contribution is -0.133. The van der Waals surface area contributed by atoms with Crippen LogP contribution in [-0.4, -0.2) is 26.8 Å². The van der Waals surface area contributed by atoms with E-state index in [2.05, 4.69) is 15.3 Å². The van der Waals surface area contributed by atoms with Gasteiger partial charge in [0.15, 0.2) is 0 Å². The third-order valence-corrected chi connectivity index (χ3v) is 4.18. The second-order valence-corrected chi connectivity index (χ2v) is 6.28. The van der Waals surface area contributed by atoms with E-state index in [0.717, 1.165) is 17.0 Å². The van der Waals surface area contributed by atoms with E-state index in [-0.39, 0.29) is 11.1 Å². The van der Waals surface area contributed by atoms with Crippen molar-refractivity contribution in [3.8, 4) is 0 Å². The number of carbonyl (C=O) groups is 1. The minimum atomic E-state index is -0.868. The van der Waals surface area contributed by atoms with Crippen LogP contribution >= 0.6 is 23.4 Å². The zero-order valence-corrected chi connectivity index (χ0v) is 13.8. The summed E-state index contributed by atoms with van der Waals surface area (Å²) in [5, 5.41) is 12.5. The average Bonchev–Trinajstić information content (AvgIpc) is 2.43. The maximum atomic E-state index is 10.8. The van der Waals surface area contributed by atoms with E-state index >= 15 is 0 Å². The van der Waals surface area contributed by atoms with Gasteiger partial charge in [-0.15, -0.1) is 11.8 Å². The van der Waals surface area contributed by atoms with Crippen molar-refractivity contribution in [1.82, 2.24) is 9.97 Å². The molecule has 2 rings (SSSR count). The lowest BCUT2D eigenvalue weighted by atomic mass is 10.2. The SMILES string of the molecule is Cc1cc(C)nc(NC(SCC(=O)O)c2ccc(Cl)cc2)n1. The summed E-state index contributed by atoms with van der Waals surface area (Å²) in [6, 6.07) is 9.15. The number of anilines is 1. The van der Waals surface area contributed by atoms with Gasteiger partial charge in [-0.1, -0.05) is 23.7 Å². The Morgan fingerprint density at radius 3 is 2.41 bits per heavy atom. The van der Waals surface area contributed by atoms with Crippen molar-refractivity contribution in [1.29, 1.82) is 0 Å². The molecule has 2 N–H and O–H groups in total. The van der Waals surface area contributed by atoms with E-state index in [0.29, 0.717) is 11.0 Å². The molecule has 116 valence electrons. The Morgan fingerprint density at radius 2 is 1.86 bits per heavy atom. The van der Waals surface area contributed by atoms with Crippen LogP contribution in [0.3, 0.4) is 0 Å². The molecule has 1 aromatic heterocycles. The molecule has 2 aromatic rings. The fourth-order valence-corrected chi connectivity index (χ4v) is 2.89. The molecule has 0 aliphatic heterocycles. The molecule has 0 amide bonds. The van der Waals surface area contributed by atoms with Gasteiger partial charge >= 0.3 is 5.97 Å². The van der Waals surface area contributed by atoms with Gasteiger partial charge in [0.2, 0.25) is 5.95 Å². The van der Waals surface area contributed by atoms with Crippen LogP contribution in [0.1, 0.15) is 22.3 Å². The summed E-state index contributed by atoms with van der Waals surface area (Å²) in [5.41, 5.74) is 2.62. The first-order valence-corrected chi connectivity index (χ1v) is 8.04. The molecule has 0 saturated heterocycles. The molecule has 0 spiro atoms. The van der Waals surface area contributed by atoms with Crippen LogP contribution in [-0.2, 0) is 4.79 Å². The molecule has 0 fully saturated rings. The Morgan fingerprint density at radius 1 is 1.27 bits per heavy atom. The van der Waals surface area contributed by atoms with Crippen molar-refractivity contribution in [2.24, 2.45) is 0 Å². The second-order valence-electron chi connectivity index (χ2n) is 4.75. The number of nitrogens with one attached hydrogen (secondary N) is 1. The number of benzene rings is 1. The molecule has 0 aliphatic rings. The van der Waals surface area contributed by atoms with Crippen molar-refractivity contribution in [3.05, 3.63) is 52.3 Å². The summed E-state index contributed by atoms with van der Waals surface area (Å²) in [7, 11) is 0. The Labute approximate surface area is 138 Å². The monoisotopic (exact) mass is 337 g/mol. The summed E-state index contributed by atoms with van der Waals surface area (Å²) < 4.78 is 0. The number of thioether (sulfide) groups is 1. The van der Waals surface area contributed by atoms with Crippen molar-refractivity contribution < 1.29 is 9.90 Å². The number of nitrogens with zero attached hydrogens (tertiary/aromatic N) is 2. The van der Waals surface area contributed by atoms with Gasteiger partial charge < -0.3 is 10.4 Å². The zero-order chi connectivity index (χ0) is 16.1. The van der Waals surface area contributed by atoms with E-state index in [1.165, 1.54) is 11.8 Å². The van der Waals surface area contributed by atoms with Crippen LogP contribution in [0.4, 0.5) is 5.95 Å². The molecule has 0 radical (unpaired) electrons. The highest BCUT2D eigenvalue weighted by Crippen LogP contribution is 2.30. The molecule has 1 atom stereocenters. The van der Waals surface area contributed by atoms with Crippen LogP contribution in [0.15, 0.2) is 30.3 Å². The van der Waals surface area contributed by atoms with E-state index < -0.39 is 5.97 Å². The fraction of sp³-hybridized carbons (Fsp3) is 0.267. The molecule has 1 unspecified atom stereocenters. The van der Waals surface area contributed by atoms with Crippen LogP contribution < -0.4 is 5.32 Å². The highest BCUT2D eigenvalue weighted by atomic mass is 35.5. The minimum Gasteiger partial charge on any atom is -0.481 e. The maximum Gasteiger partial charge on any atom is 0.313 e. The number of aliphatic carboxylic acids is 1. The molecule has 0 bridgehead atoms. The van der Waals surface area contributed by atoms with Gasteiger partial charge in [-0.05, 0) is 37.6 Å². The first-order valence-electron chi connectivity index (χ1n) is 6.62. The summed E-state index contributed by atoms with van der Waals surface area (Å²) in [4.78, 5) is 19.5. The van der Waals surface area contributed by atoms with E-state index in [4.69, 9.17) is 16.7 Å². The van der Waals surface area contributed by atoms with Crippen molar-refractivity contribution >= 4 is 35.3 Å². The van der Waals surface area contributed by atoms with Crippen LogP contribution in [0.2, 0.25) is 5.02 Å². The van der Waals surface area contributed by atoms with Crippen LogP contribution in [0, 0.1) is 13.8 Å². The molecule has 1 heterocycles. The number of halogens is 1. The Bertz CT molecular complexity index is 644. The normalized spacial score (nSPS) is 12.0. The quantitative estimate of drug-likeness (QED) is 0.783. The molecule has 0 aliphatic carbocycles. The Hall–Kier alpha value is -1.79. The highest BCUT2D eigenvalue weighted by molar-refractivity contribution is 8.00. The maximum absolute atomic E-state index is 10.8. The zero-order valence-electron chi connectivity index (χ0n) is 12.2. The summed E-state index contributed by atoms with van der Waals surface area (Å²) in [6.07, 6.45) is 0. The molecule has 1 aromatic carbocycles. The predicted molar refractivity (Wildman–Crippen MR) is 89.4 cm³/mol. The van der Waals surface area contributed by atoms with Gasteiger partial charge in [-0.25, -0.2) is 9.97 Å². The van der Waals surface area contributed by atoms with E-state index in [1.54, 1.807) is 12.1 Å². The molecular formula is C15H16ClN3O2S. The van der Waals surface area contributed by atoms with Crippen LogP contribution in [0.5, 0.6) is 0 Å². The van der Waals surface area contributed by atoms with Gasteiger partial charge in [-0.2, -0.15) is 0 Å². The topological polar surface area (TPSA) is 75.1 Å². The third kappa shape index (κ3) is 4.89. The summed E-state index contributed by atoms with van der Waals surface area (Å²) in [6.45, 7) is 3.78. The Kier molecular flexibility index (Phi) is 5.63. The minimum absolute atomic E-state index is 0.0227. The smallest absolute Gasteiger partial charge is 0.313 e. The van der Waals surface area contributed by atoms with E-state index in [1.807, 2.05) is 32.0 Å². The van der Waals surface area contributed by atoms with Gasteiger partial charge in [0.25, 0.3) is 0 Å². The number of carboxylic acid groups (broad SMARTS) is 1. The molecule has 7 heteroatoms. The lowest BCUT2D eigenvalue weighted by Gasteiger charge is -2.18. The number of rotatable bonds is 6. The second kappa shape index (κ2) is 7.47. The average molecular weight is 338 g/mol. The molecule has 0 saturated carbocycles. The molecular weight excluding hydrogens is 322 g/mol. The third-order valence-electron chi connectivity index (χ3n) is 2.79.